The van der Waals surface area contributed by atoms with Gasteiger partial charge in [0, 0.05) is 10.4 Å². The molecule has 4 nitrogen and oxygen atoms in total. The average Bonchev–Trinajstić information content (AvgIpc) is 2.90. The van der Waals surface area contributed by atoms with E-state index in [2.05, 4.69) is 4.72 Å². The van der Waals surface area contributed by atoms with Crippen LogP contribution >= 0.6 is 11.3 Å². The van der Waals surface area contributed by atoms with Gasteiger partial charge in [-0.1, -0.05) is 19.1 Å². The van der Waals surface area contributed by atoms with Crippen LogP contribution in [0.5, 0.6) is 0 Å². The van der Waals surface area contributed by atoms with E-state index in [9.17, 15) is 12.8 Å². The first-order valence-electron chi connectivity index (χ1n) is 5.97. The monoisotopic (exact) mass is 315 g/mol. The standard InChI is InChI=1S/C13H14FNO3S2/c1-2-10-6-7-12(19-10)20(17,18)15-13-9(8-16)4-3-5-11(13)14/h3-7,15-16H,2,8H2,1H3. The molecule has 20 heavy (non-hydrogen) atoms. The number of sulfonamides is 1. The Labute approximate surface area is 120 Å². The van der Waals surface area contributed by atoms with E-state index in [-0.39, 0.29) is 15.5 Å². The Kier molecular flexibility index (Phi) is 4.42. The van der Waals surface area contributed by atoms with Crippen molar-refractivity contribution in [3.05, 3.63) is 46.6 Å². The Morgan fingerprint density at radius 1 is 1.30 bits per heavy atom. The highest BCUT2D eigenvalue weighted by Crippen LogP contribution is 2.27. The lowest BCUT2D eigenvalue weighted by molar-refractivity contribution is 0.282. The molecule has 0 aliphatic heterocycles. The number of aliphatic hydroxyl groups excluding tert-OH is 1. The first-order valence-corrected chi connectivity index (χ1v) is 8.27. The lowest BCUT2D eigenvalue weighted by Gasteiger charge is -2.11. The summed E-state index contributed by atoms with van der Waals surface area (Å²) in [6.07, 6.45) is 0.738. The summed E-state index contributed by atoms with van der Waals surface area (Å²) < 4.78 is 40.5. The molecule has 0 atom stereocenters. The molecule has 0 aliphatic rings. The summed E-state index contributed by atoms with van der Waals surface area (Å²) >= 11 is 1.14. The maximum absolute atomic E-state index is 13.7. The van der Waals surface area contributed by atoms with Gasteiger partial charge in [0.05, 0.1) is 12.3 Å². The van der Waals surface area contributed by atoms with Gasteiger partial charge in [0.2, 0.25) is 0 Å². The number of hydrogen-bond acceptors (Lipinski definition) is 4. The highest BCUT2D eigenvalue weighted by Gasteiger charge is 2.20. The Morgan fingerprint density at radius 3 is 2.65 bits per heavy atom. The maximum atomic E-state index is 13.7. The molecule has 0 saturated carbocycles. The summed E-state index contributed by atoms with van der Waals surface area (Å²) in [6.45, 7) is 1.48. The number of aliphatic hydroxyl groups is 1. The molecule has 0 saturated heterocycles. The highest BCUT2D eigenvalue weighted by atomic mass is 32.2. The van der Waals surface area contributed by atoms with Crippen molar-refractivity contribution in [2.75, 3.05) is 4.72 Å². The third-order valence-electron chi connectivity index (χ3n) is 2.76. The second-order valence-electron chi connectivity index (χ2n) is 4.11. The fraction of sp³-hybridized carbons (Fsp3) is 0.231. The second-order valence-corrected chi connectivity index (χ2v) is 7.19. The van der Waals surface area contributed by atoms with Crippen molar-refractivity contribution in [2.24, 2.45) is 0 Å². The Morgan fingerprint density at radius 2 is 2.05 bits per heavy atom. The molecule has 1 aromatic carbocycles. The molecule has 0 amide bonds. The number of aryl methyl sites for hydroxylation is 1. The number of anilines is 1. The molecule has 1 heterocycles. The number of benzene rings is 1. The highest BCUT2D eigenvalue weighted by molar-refractivity contribution is 7.94. The molecule has 0 spiro atoms. The minimum Gasteiger partial charge on any atom is -0.392 e. The zero-order chi connectivity index (χ0) is 14.8. The van der Waals surface area contributed by atoms with Gasteiger partial charge in [0.15, 0.2) is 0 Å². The topological polar surface area (TPSA) is 66.4 Å². The predicted molar refractivity (Wildman–Crippen MR) is 76.8 cm³/mol. The van der Waals surface area contributed by atoms with E-state index in [1.54, 1.807) is 6.07 Å². The second kappa shape index (κ2) is 5.90. The van der Waals surface area contributed by atoms with Gasteiger partial charge in [0.1, 0.15) is 10.0 Å². The summed E-state index contributed by atoms with van der Waals surface area (Å²) in [7, 11) is -3.84. The van der Waals surface area contributed by atoms with Crippen molar-refractivity contribution in [1.82, 2.24) is 0 Å². The van der Waals surface area contributed by atoms with E-state index >= 15 is 0 Å². The smallest absolute Gasteiger partial charge is 0.271 e. The van der Waals surface area contributed by atoms with E-state index in [4.69, 9.17) is 5.11 Å². The van der Waals surface area contributed by atoms with Gasteiger partial charge >= 0.3 is 0 Å². The lowest BCUT2D eigenvalue weighted by atomic mass is 10.2. The van der Waals surface area contributed by atoms with Crippen LogP contribution in [0.2, 0.25) is 0 Å². The number of thiophene rings is 1. The van der Waals surface area contributed by atoms with Crippen molar-refractivity contribution in [1.29, 1.82) is 0 Å². The third kappa shape index (κ3) is 3.00. The molecule has 0 radical (unpaired) electrons. The summed E-state index contributed by atoms with van der Waals surface area (Å²) in [5.41, 5.74) is -0.0118. The first kappa shape index (κ1) is 15.0. The molecule has 2 rings (SSSR count). The minimum absolute atomic E-state index is 0.126. The first-order chi connectivity index (χ1) is 9.47. The Balaban J connectivity index is 2.38. The van der Waals surface area contributed by atoms with Crippen LogP contribution < -0.4 is 4.72 Å². The normalized spacial score (nSPS) is 11.6. The van der Waals surface area contributed by atoms with Crippen LogP contribution in [0.15, 0.2) is 34.5 Å². The van der Waals surface area contributed by atoms with Crippen LogP contribution in [0.4, 0.5) is 10.1 Å². The van der Waals surface area contributed by atoms with Crippen molar-refractivity contribution in [2.45, 2.75) is 24.2 Å². The van der Waals surface area contributed by atoms with E-state index < -0.39 is 22.4 Å². The minimum atomic E-state index is -3.84. The zero-order valence-corrected chi connectivity index (χ0v) is 12.4. The number of halogens is 1. The van der Waals surface area contributed by atoms with Gasteiger partial charge in [-0.3, -0.25) is 4.72 Å². The summed E-state index contributed by atoms with van der Waals surface area (Å²) in [5.74, 6) is -0.715. The number of nitrogens with one attached hydrogen (secondary N) is 1. The summed E-state index contributed by atoms with van der Waals surface area (Å²) in [5, 5.41) is 9.15. The number of rotatable bonds is 5. The van der Waals surface area contributed by atoms with Crippen molar-refractivity contribution >= 4 is 27.0 Å². The van der Waals surface area contributed by atoms with Crippen molar-refractivity contribution < 1.29 is 17.9 Å². The molecule has 0 fully saturated rings. The fourth-order valence-corrected chi connectivity index (χ4v) is 4.10. The SMILES string of the molecule is CCc1ccc(S(=O)(=O)Nc2c(F)cccc2CO)s1. The molecule has 0 bridgehead atoms. The molecule has 0 aliphatic carbocycles. The Bertz CT molecular complexity index is 710. The quantitative estimate of drug-likeness (QED) is 0.891. The molecule has 1 aromatic heterocycles. The van der Waals surface area contributed by atoms with Gasteiger partial charge in [-0.2, -0.15) is 0 Å². The lowest BCUT2D eigenvalue weighted by Crippen LogP contribution is -2.14. The van der Waals surface area contributed by atoms with E-state index in [0.717, 1.165) is 28.7 Å². The summed E-state index contributed by atoms with van der Waals surface area (Å²) in [6, 6.07) is 7.24. The van der Waals surface area contributed by atoms with Crippen LogP contribution in [0, 0.1) is 5.82 Å². The maximum Gasteiger partial charge on any atom is 0.271 e. The van der Waals surface area contributed by atoms with Crippen LogP contribution in [0.1, 0.15) is 17.4 Å². The van der Waals surface area contributed by atoms with Crippen LogP contribution in [-0.4, -0.2) is 13.5 Å². The summed E-state index contributed by atoms with van der Waals surface area (Å²) in [4.78, 5) is 0.932. The number of para-hydroxylation sites is 1. The van der Waals surface area contributed by atoms with E-state index in [0.29, 0.717) is 0 Å². The van der Waals surface area contributed by atoms with Gasteiger partial charge in [-0.15, -0.1) is 11.3 Å². The van der Waals surface area contributed by atoms with Crippen LogP contribution in [0.3, 0.4) is 0 Å². The van der Waals surface area contributed by atoms with E-state index in [1.165, 1.54) is 18.2 Å². The van der Waals surface area contributed by atoms with Gasteiger partial charge < -0.3 is 5.11 Å². The molecule has 2 aromatic rings. The molecule has 0 unspecified atom stereocenters. The fourth-order valence-electron chi connectivity index (χ4n) is 1.69. The average molecular weight is 315 g/mol. The predicted octanol–water partition coefficient (Wildman–Crippen LogP) is 2.74. The van der Waals surface area contributed by atoms with Gasteiger partial charge in [-0.05, 0) is 24.6 Å². The van der Waals surface area contributed by atoms with Gasteiger partial charge in [-0.25, -0.2) is 12.8 Å². The molecular formula is C13H14FNO3S2. The molecular weight excluding hydrogens is 301 g/mol. The van der Waals surface area contributed by atoms with Crippen molar-refractivity contribution in [3.63, 3.8) is 0 Å². The molecule has 2 N–H and O–H groups in total. The van der Waals surface area contributed by atoms with Gasteiger partial charge in [0.25, 0.3) is 10.0 Å². The zero-order valence-electron chi connectivity index (χ0n) is 10.8. The molecule has 7 heteroatoms. The third-order valence-corrected chi connectivity index (χ3v) is 5.83. The number of hydrogen-bond donors (Lipinski definition) is 2. The molecule has 108 valence electrons. The van der Waals surface area contributed by atoms with Crippen LogP contribution in [0.25, 0.3) is 0 Å². The van der Waals surface area contributed by atoms with Crippen molar-refractivity contribution in [3.8, 4) is 0 Å². The van der Waals surface area contributed by atoms with E-state index in [1.807, 2.05) is 6.92 Å². The largest absolute Gasteiger partial charge is 0.392 e. The Hall–Kier alpha value is -1.44. The van der Waals surface area contributed by atoms with Crippen LogP contribution in [-0.2, 0) is 23.1 Å².